The maximum absolute atomic E-state index is 10.8. The molecule has 0 N–H and O–H groups in total. The summed E-state index contributed by atoms with van der Waals surface area (Å²) in [6.45, 7) is 3.55. The van der Waals surface area contributed by atoms with E-state index in [0.717, 1.165) is 5.69 Å². The van der Waals surface area contributed by atoms with Gasteiger partial charge >= 0.3 is 0 Å². The number of carbonyl (C=O) groups is 1. The lowest BCUT2D eigenvalue weighted by Gasteiger charge is -2.06. The van der Waals surface area contributed by atoms with E-state index in [2.05, 4.69) is 4.98 Å². The van der Waals surface area contributed by atoms with Crippen LogP contribution in [0.4, 0.5) is 0 Å². The van der Waals surface area contributed by atoms with Crippen molar-refractivity contribution in [1.29, 1.82) is 0 Å². The van der Waals surface area contributed by atoms with E-state index in [1.54, 1.807) is 13.1 Å². The van der Waals surface area contributed by atoms with Crippen LogP contribution in [0.5, 0.6) is 0 Å². The third-order valence-electron chi connectivity index (χ3n) is 1.45. The van der Waals surface area contributed by atoms with Crippen molar-refractivity contribution in [2.24, 2.45) is 0 Å². The molecule has 0 aliphatic heterocycles. The van der Waals surface area contributed by atoms with Crippen molar-refractivity contribution >= 4 is 16.9 Å². The zero-order valence-electron chi connectivity index (χ0n) is 7.15. The minimum atomic E-state index is 0.133. The van der Waals surface area contributed by atoms with Gasteiger partial charge in [0.15, 0.2) is 5.12 Å². The Bertz CT molecular complexity index is 260. The van der Waals surface area contributed by atoms with Gasteiger partial charge in [-0.1, -0.05) is 17.8 Å². The van der Waals surface area contributed by atoms with Gasteiger partial charge in [0.25, 0.3) is 0 Å². The van der Waals surface area contributed by atoms with Gasteiger partial charge in [0, 0.05) is 13.1 Å². The molecule has 1 atom stereocenters. The highest BCUT2D eigenvalue weighted by Crippen LogP contribution is 2.26. The van der Waals surface area contributed by atoms with Gasteiger partial charge in [0.05, 0.1) is 10.9 Å². The van der Waals surface area contributed by atoms with Gasteiger partial charge in [-0.2, -0.15) is 0 Å². The monoisotopic (exact) mass is 181 g/mol. The molecule has 0 saturated heterocycles. The molecule has 3 heteroatoms. The van der Waals surface area contributed by atoms with Crippen LogP contribution in [0.25, 0.3) is 0 Å². The molecule has 0 saturated carbocycles. The lowest BCUT2D eigenvalue weighted by atomic mass is 10.3. The van der Waals surface area contributed by atoms with E-state index in [1.165, 1.54) is 11.8 Å². The van der Waals surface area contributed by atoms with E-state index in [4.69, 9.17) is 0 Å². The molecule has 64 valence electrons. The first-order chi connectivity index (χ1) is 5.70. The number of rotatable bonds is 2. The first-order valence-electron chi connectivity index (χ1n) is 3.78. The van der Waals surface area contributed by atoms with Crippen molar-refractivity contribution in [2.75, 3.05) is 0 Å². The predicted octanol–water partition coefficient (Wildman–Crippen LogP) is 2.42. The number of hydrogen-bond acceptors (Lipinski definition) is 3. The van der Waals surface area contributed by atoms with E-state index in [1.807, 2.05) is 25.1 Å². The Hall–Kier alpha value is -0.830. The molecule has 0 spiro atoms. The van der Waals surface area contributed by atoms with Crippen LogP contribution in [-0.4, -0.2) is 10.1 Å². The third-order valence-corrected chi connectivity index (χ3v) is 2.37. The molecule has 0 radical (unpaired) electrons. The Morgan fingerprint density at radius 3 is 2.83 bits per heavy atom. The Morgan fingerprint density at radius 1 is 1.58 bits per heavy atom. The molecular formula is C9H11NOS. The number of aromatic nitrogens is 1. The maximum Gasteiger partial charge on any atom is 0.186 e. The van der Waals surface area contributed by atoms with Crippen LogP contribution in [0.1, 0.15) is 24.8 Å². The molecular weight excluding hydrogens is 170 g/mol. The average Bonchev–Trinajstić information content (AvgIpc) is 2.05. The number of pyridine rings is 1. The molecule has 0 unspecified atom stereocenters. The van der Waals surface area contributed by atoms with Crippen LogP contribution in [0, 0.1) is 0 Å². The van der Waals surface area contributed by atoms with Crippen molar-refractivity contribution in [3.63, 3.8) is 0 Å². The van der Waals surface area contributed by atoms with Crippen molar-refractivity contribution in [3.8, 4) is 0 Å². The summed E-state index contributed by atoms with van der Waals surface area (Å²) in [6, 6.07) is 5.73. The molecule has 1 aromatic rings. The summed E-state index contributed by atoms with van der Waals surface area (Å²) in [7, 11) is 0. The van der Waals surface area contributed by atoms with Gasteiger partial charge in [-0.3, -0.25) is 9.78 Å². The quantitative estimate of drug-likeness (QED) is 0.701. The van der Waals surface area contributed by atoms with Crippen molar-refractivity contribution in [3.05, 3.63) is 30.1 Å². The fourth-order valence-corrected chi connectivity index (χ4v) is 1.68. The Morgan fingerprint density at radius 2 is 2.33 bits per heavy atom. The second-order valence-corrected chi connectivity index (χ2v) is 4.02. The minimum absolute atomic E-state index is 0.133. The molecule has 12 heavy (non-hydrogen) atoms. The molecule has 0 aliphatic rings. The van der Waals surface area contributed by atoms with Crippen molar-refractivity contribution in [1.82, 2.24) is 4.98 Å². The summed E-state index contributed by atoms with van der Waals surface area (Å²) in [5.41, 5.74) is 0.956. The molecule has 0 aromatic carbocycles. The summed E-state index contributed by atoms with van der Waals surface area (Å²) in [5.74, 6) is 0. The zero-order chi connectivity index (χ0) is 8.97. The fourth-order valence-electron chi connectivity index (χ4n) is 0.926. The third kappa shape index (κ3) is 2.66. The Kier molecular flexibility index (Phi) is 3.29. The molecule has 0 fully saturated rings. The van der Waals surface area contributed by atoms with E-state index in [0.29, 0.717) is 0 Å². The standard InChI is InChI=1S/C9H11NOS/c1-7(12-8(2)11)9-5-3-4-6-10-9/h3-7H,1-2H3/t7-/m1/s1. The largest absolute Gasteiger partial charge is 0.288 e. The Labute approximate surface area is 76.4 Å². The van der Waals surface area contributed by atoms with Gasteiger partial charge in [-0.15, -0.1) is 0 Å². The first kappa shape index (κ1) is 9.26. The molecule has 0 bridgehead atoms. The van der Waals surface area contributed by atoms with Crippen LogP contribution in [0.2, 0.25) is 0 Å². The van der Waals surface area contributed by atoms with Crippen LogP contribution < -0.4 is 0 Å². The van der Waals surface area contributed by atoms with E-state index >= 15 is 0 Å². The average molecular weight is 181 g/mol. The number of nitrogens with zero attached hydrogens (tertiary/aromatic N) is 1. The zero-order valence-corrected chi connectivity index (χ0v) is 7.97. The lowest BCUT2D eigenvalue weighted by molar-refractivity contribution is -0.109. The summed E-state index contributed by atoms with van der Waals surface area (Å²) in [4.78, 5) is 14.9. The lowest BCUT2D eigenvalue weighted by Crippen LogP contribution is -1.94. The molecule has 1 rings (SSSR count). The van der Waals surface area contributed by atoms with Crippen LogP contribution in [0.15, 0.2) is 24.4 Å². The Balaban J connectivity index is 2.65. The van der Waals surface area contributed by atoms with E-state index < -0.39 is 0 Å². The van der Waals surface area contributed by atoms with Gasteiger partial charge in [-0.05, 0) is 19.1 Å². The van der Waals surface area contributed by atoms with Crippen LogP contribution in [-0.2, 0) is 4.79 Å². The normalized spacial score (nSPS) is 12.5. The van der Waals surface area contributed by atoms with E-state index in [9.17, 15) is 4.79 Å². The molecule has 1 aromatic heterocycles. The first-order valence-corrected chi connectivity index (χ1v) is 4.66. The summed E-state index contributed by atoms with van der Waals surface area (Å²) < 4.78 is 0. The molecule has 0 amide bonds. The SMILES string of the molecule is CC(=O)S[C@H](C)c1ccccn1. The fraction of sp³-hybridized carbons (Fsp3) is 0.333. The number of hydrogen-bond donors (Lipinski definition) is 0. The summed E-state index contributed by atoms with van der Waals surface area (Å²) in [5, 5.41) is 0.289. The van der Waals surface area contributed by atoms with Crippen molar-refractivity contribution < 1.29 is 4.79 Å². The summed E-state index contributed by atoms with van der Waals surface area (Å²) in [6.07, 6.45) is 1.74. The van der Waals surface area contributed by atoms with Crippen LogP contribution >= 0.6 is 11.8 Å². The van der Waals surface area contributed by atoms with Crippen LogP contribution in [0.3, 0.4) is 0 Å². The predicted molar refractivity (Wildman–Crippen MR) is 50.9 cm³/mol. The van der Waals surface area contributed by atoms with Gasteiger partial charge in [0.2, 0.25) is 0 Å². The topological polar surface area (TPSA) is 30.0 Å². The highest BCUT2D eigenvalue weighted by Gasteiger charge is 2.08. The van der Waals surface area contributed by atoms with Gasteiger partial charge < -0.3 is 0 Å². The second kappa shape index (κ2) is 4.26. The maximum atomic E-state index is 10.8. The van der Waals surface area contributed by atoms with Gasteiger partial charge in [-0.25, -0.2) is 0 Å². The molecule has 1 heterocycles. The van der Waals surface area contributed by atoms with Gasteiger partial charge in [0.1, 0.15) is 0 Å². The minimum Gasteiger partial charge on any atom is -0.288 e. The smallest absolute Gasteiger partial charge is 0.186 e. The van der Waals surface area contributed by atoms with E-state index in [-0.39, 0.29) is 10.4 Å². The second-order valence-electron chi connectivity index (χ2n) is 2.51. The number of carbonyl (C=O) groups excluding carboxylic acids is 1. The molecule has 2 nitrogen and oxygen atoms in total. The molecule has 0 aliphatic carbocycles. The summed E-state index contributed by atoms with van der Waals surface area (Å²) >= 11 is 1.31. The number of thioether (sulfide) groups is 1. The highest BCUT2D eigenvalue weighted by molar-refractivity contribution is 8.13. The van der Waals surface area contributed by atoms with Crippen molar-refractivity contribution in [2.45, 2.75) is 19.1 Å². The highest BCUT2D eigenvalue weighted by atomic mass is 32.2.